The summed E-state index contributed by atoms with van der Waals surface area (Å²) >= 11 is 0. The lowest BCUT2D eigenvalue weighted by atomic mass is 10.1. The number of fused-ring (bicyclic) bond motifs is 2. The molecule has 0 saturated heterocycles. The third kappa shape index (κ3) is 2.05. The summed E-state index contributed by atoms with van der Waals surface area (Å²) in [6, 6.07) is 18.1. The maximum absolute atomic E-state index is 9.61. The van der Waals surface area contributed by atoms with Gasteiger partial charge in [0.15, 0.2) is 0 Å². The van der Waals surface area contributed by atoms with Gasteiger partial charge in [-0.25, -0.2) is 4.98 Å². The van der Waals surface area contributed by atoms with Crippen molar-refractivity contribution in [3.63, 3.8) is 0 Å². The SMILES string of the molecule is OCc1nc2ccccc2n1Cc1cccc2cccnc12. The van der Waals surface area contributed by atoms with Crippen molar-refractivity contribution >= 4 is 21.9 Å². The first-order valence-electron chi connectivity index (χ1n) is 7.24. The van der Waals surface area contributed by atoms with Crippen LogP contribution < -0.4 is 0 Å². The van der Waals surface area contributed by atoms with Gasteiger partial charge in [-0.2, -0.15) is 0 Å². The number of nitrogens with zero attached hydrogens (tertiary/aromatic N) is 3. The van der Waals surface area contributed by atoms with Crippen LogP contribution in [0.2, 0.25) is 0 Å². The van der Waals surface area contributed by atoms with Gasteiger partial charge in [-0.1, -0.05) is 36.4 Å². The lowest BCUT2D eigenvalue weighted by Crippen LogP contribution is -2.06. The summed E-state index contributed by atoms with van der Waals surface area (Å²) in [5, 5.41) is 10.7. The highest BCUT2D eigenvalue weighted by Crippen LogP contribution is 2.21. The Kier molecular flexibility index (Phi) is 3.09. The minimum atomic E-state index is -0.0765. The summed E-state index contributed by atoms with van der Waals surface area (Å²) < 4.78 is 2.05. The summed E-state index contributed by atoms with van der Waals surface area (Å²) in [7, 11) is 0. The molecule has 0 radical (unpaired) electrons. The van der Waals surface area contributed by atoms with Crippen LogP contribution in [0.15, 0.2) is 60.8 Å². The van der Waals surface area contributed by atoms with Crippen LogP contribution in [-0.2, 0) is 13.2 Å². The molecule has 0 amide bonds. The Labute approximate surface area is 127 Å². The largest absolute Gasteiger partial charge is 0.388 e. The van der Waals surface area contributed by atoms with Gasteiger partial charge >= 0.3 is 0 Å². The van der Waals surface area contributed by atoms with Crippen LogP contribution >= 0.6 is 0 Å². The minimum absolute atomic E-state index is 0.0765. The third-order valence-electron chi connectivity index (χ3n) is 3.92. The van der Waals surface area contributed by atoms with Crippen molar-refractivity contribution < 1.29 is 5.11 Å². The summed E-state index contributed by atoms with van der Waals surface area (Å²) in [6.07, 6.45) is 1.81. The Morgan fingerprint density at radius 3 is 2.73 bits per heavy atom. The first-order chi connectivity index (χ1) is 10.9. The molecule has 2 heterocycles. The molecule has 0 aliphatic heterocycles. The van der Waals surface area contributed by atoms with Crippen LogP contribution in [0.4, 0.5) is 0 Å². The number of pyridine rings is 1. The molecule has 0 spiro atoms. The second kappa shape index (κ2) is 5.24. The molecule has 0 bridgehead atoms. The summed E-state index contributed by atoms with van der Waals surface area (Å²) in [5.74, 6) is 0.675. The van der Waals surface area contributed by atoms with E-state index in [9.17, 15) is 5.11 Å². The van der Waals surface area contributed by atoms with E-state index in [4.69, 9.17) is 0 Å². The van der Waals surface area contributed by atoms with Gasteiger partial charge in [-0.15, -0.1) is 0 Å². The van der Waals surface area contributed by atoms with Gasteiger partial charge < -0.3 is 9.67 Å². The van der Waals surface area contributed by atoms with Gasteiger partial charge in [0.05, 0.1) is 23.1 Å². The highest BCUT2D eigenvalue weighted by molar-refractivity contribution is 5.82. The number of benzene rings is 2. The minimum Gasteiger partial charge on any atom is -0.388 e. The lowest BCUT2D eigenvalue weighted by Gasteiger charge is -2.10. The van der Waals surface area contributed by atoms with E-state index >= 15 is 0 Å². The topological polar surface area (TPSA) is 50.9 Å². The Bertz CT molecular complexity index is 954. The van der Waals surface area contributed by atoms with E-state index in [0.717, 1.165) is 27.5 Å². The molecule has 1 N–H and O–H groups in total. The van der Waals surface area contributed by atoms with Crippen molar-refractivity contribution in [1.82, 2.24) is 14.5 Å². The highest BCUT2D eigenvalue weighted by atomic mass is 16.3. The molecule has 0 atom stereocenters. The van der Waals surface area contributed by atoms with E-state index in [2.05, 4.69) is 32.7 Å². The van der Waals surface area contributed by atoms with Crippen LogP contribution in [0.1, 0.15) is 11.4 Å². The number of para-hydroxylation sites is 3. The standard InChI is InChI=1S/C18H15N3O/c22-12-17-20-15-8-1-2-9-16(15)21(17)11-14-6-3-5-13-7-4-10-19-18(13)14/h1-10,22H,11-12H2. The van der Waals surface area contributed by atoms with Gasteiger partial charge in [0.25, 0.3) is 0 Å². The smallest absolute Gasteiger partial charge is 0.136 e. The molecular formula is C18H15N3O. The summed E-state index contributed by atoms with van der Waals surface area (Å²) in [5.41, 5.74) is 4.04. The van der Waals surface area contributed by atoms with Crippen molar-refractivity contribution in [1.29, 1.82) is 0 Å². The van der Waals surface area contributed by atoms with Crippen LogP contribution in [0.25, 0.3) is 21.9 Å². The number of rotatable bonds is 3. The van der Waals surface area contributed by atoms with E-state index in [1.807, 2.05) is 42.6 Å². The van der Waals surface area contributed by atoms with Crippen molar-refractivity contribution in [2.45, 2.75) is 13.2 Å². The molecule has 4 nitrogen and oxygen atoms in total. The number of imidazole rings is 1. The Morgan fingerprint density at radius 1 is 0.955 bits per heavy atom. The molecule has 22 heavy (non-hydrogen) atoms. The number of aliphatic hydroxyl groups excluding tert-OH is 1. The van der Waals surface area contributed by atoms with E-state index in [0.29, 0.717) is 12.4 Å². The monoisotopic (exact) mass is 289 g/mol. The van der Waals surface area contributed by atoms with Crippen molar-refractivity contribution in [2.24, 2.45) is 0 Å². The third-order valence-corrected chi connectivity index (χ3v) is 3.92. The number of hydrogen-bond donors (Lipinski definition) is 1. The molecular weight excluding hydrogens is 274 g/mol. The highest BCUT2D eigenvalue weighted by Gasteiger charge is 2.11. The maximum atomic E-state index is 9.61. The zero-order valence-corrected chi connectivity index (χ0v) is 12.0. The summed E-state index contributed by atoms with van der Waals surface area (Å²) in [6.45, 7) is 0.567. The fourth-order valence-corrected chi connectivity index (χ4v) is 2.89. The average Bonchev–Trinajstić information content (AvgIpc) is 2.93. The van der Waals surface area contributed by atoms with Gasteiger partial charge in [0, 0.05) is 11.6 Å². The molecule has 0 aliphatic rings. The molecule has 0 unspecified atom stereocenters. The molecule has 108 valence electrons. The first-order valence-corrected chi connectivity index (χ1v) is 7.24. The fraction of sp³-hybridized carbons (Fsp3) is 0.111. The van der Waals surface area contributed by atoms with Crippen LogP contribution in [-0.4, -0.2) is 19.6 Å². The maximum Gasteiger partial charge on any atom is 0.136 e. The van der Waals surface area contributed by atoms with Crippen LogP contribution in [0.5, 0.6) is 0 Å². The predicted molar refractivity (Wildman–Crippen MR) is 86.5 cm³/mol. The number of aliphatic hydroxyl groups is 1. The molecule has 4 heteroatoms. The van der Waals surface area contributed by atoms with Gasteiger partial charge in [0.2, 0.25) is 0 Å². The lowest BCUT2D eigenvalue weighted by molar-refractivity contribution is 0.267. The van der Waals surface area contributed by atoms with E-state index < -0.39 is 0 Å². The van der Waals surface area contributed by atoms with Crippen LogP contribution in [0, 0.1) is 0 Å². The van der Waals surface area contributed by atoms with Gasteiger partial charge in [-0.3, -0.25) is 4.98 Å². The fourth-order valence-electron chi connectivity index (χ4n) is 2.89. The molecule has 0 aliphatic carbocycles. The quantitative estimate of drug-likeness (QED) is 0.630. The second-order valence-electron chi connectivity index (χ2n) is 5.25. The van der Waals surface area contributed by atoms with Gasteiger partial charge in [0.1, 0.15) is 12.4 Å². The molecule has 4 rings (SSSR count). The predicted octanol–water partition coefficient (Wildman–Crippen LogP) is 3.13. The first kappa shape index (κ1) is 13.0. The second-order valence-corrected chi connectivity index (χ2v) is 5.25. The molecule has 2 aromatic heterocycles. The average molecular weight is 289 g/mol. The molecule has 2 aromatic carbocycles. The van der Waals surface area contributed by atoms with Crippen molar-refractivity contribution in [2.75, 3.05) is 0 Å². The van der Waals surface area contributed by atoms with E-state index in [1.54, 1.807) is 0 Å². The summed E-state index contributed by atoms with van der Waals surface area (Å²) in [4.78, 5) is 9.00. The van der Waals surface area contributed by atoms with Gasteiger partial charge in [-0.05, 0) is 23.8 Å². The Balaban J connectivity index is 1.89. The Morgan fingerprint density at radius 2 is 1.82 bits per heavy atom. The van der Waals surface area contributed by atoms with Crippen molar-refractivity contribution in [3.05, 3.63) is 72.2 Å². The zero-order valence-electron chi connectivity index (χ0n) is 12.0. The van der Waals surface area contributed by atoms with Crippen molar-refractivity contribution in [3.8, 4) is 0 Å². The zero-order chi connectivity index (χ0) is 14.9. The number of aromatic nitrogens is 3. The molecule has 4 aromatic rings. The number of hydrogen-bond acceptors (Lipinski definition) is 3. The Hall–Kier alpha value is -2.72. The molecule has 0 saturated carbocycles. The van der Waals surface area contributed by atoms with E-state index in [1.165, 1.54) is 0 Å². The van der Waals surface area contributed by atoms with Crippen LogP contribution in [0.3, 0.4) is 0 Å². The molecule has 0 fully saturated rings. The van der Waals surface area contributed by atoms with E-state index in [-0.39, 0.29) is 6.61 Å². The normalized spacial score (nSPS) is 11.3.